The number of fused-ring (bicyclic) bond motifs is 6. The second-order valence-electron chi connectivity index (χ2n) is 11.4. The summed E-state index contributed by atoms with van der Waals surface area (Å²) in [6, 6.07) is 2.35. The molecular formula is C27H31F2N3O2S. The summed E-state index contributed by atoms with van der Waals surface area (Å²) in [7, 11) is 0. The number of aliphatic hydroxyl groups excluding tert-OH is 1. The van der Waals surface area contributed by atoms with Crippen LogP contribution in [0, 0.1) is 40.4 Å². The second kappa shape index (κ2) is 8.23. The fourth-order valence-electron chi connectivity index (χ4n) is 8.43. The number of aliphatic hydroxyl groups is 1. The van der Waals surface area contributed by atoms with Gasteiger partial charge in [-0.25, -0.2) is 14.1 Å². The molecule has 7 atom stereocenters. The van der Waals surface area contributed by atoms with Crippen molar-refractivity contribution in [1.29, 1.82) is 0 Å². The highest BCUT2D eigenvalue weighted by Gasteiger charge is 2.63. The zero-order valence-electron chi connectivity index (χ0n) is 20.1. The van der Waals surface area contributed by atoms with Crippen molar-refractivity contribution < 1.29 is 18.7 Å². The molecular weight excluding hydrogens is 468 g/mol. The number of hydrogen-bond acceptors (Lipinski definition) is 5. The average Bonchev–Trinajstić information content (AvgIpc) is 3.37. The molecule has 2 aromatic heterocycles. The quantitative estimate of drug-likeness (QED) is 0.576. The number of nitrogens with zero attached hydrogens (tertiary/aromatic N) is 3. The van der Waals surface area contributed by atoms with E-state index in [9.17, 15) is 18.7 Å². The third kappa shape index (κ3) is 3.39. The molecule has 186 valence electrons. The lowest BCUT2D eigenvalue weighted by molar-refractivity contribution is -0.136. The summed E-state index contributed by atoms with van der Waals surface area (Å²) in [5.41, 5.74) is 3.75. The number of carbonyl (C=O) groups is 1. The van der Waals surface area contributed by atoms with Gasteiger partial charge in [-0.05, 0) is 90.9 Å². The van der Waals surface area contributed by atoms with Gasteiger partial charge < -0.3 is 5.11 Å². The Hall–Kier alpha value is -2.06. The Kier molecular flexibility index (Phi) is 5.49. The summed E-state index contributed by atoms with van der Waals surface area (Å²) in [5, 5.41) is 16.2. The molecule has 0 saturated heterocycles. The number of pyridine rings is 1. The number of hydrogen-bond donors (Lipinski definition) is 1. The number of aromatic nitrogens is 3. The minimum absolute atomic E-state index is 0.0456. The first-order chi connectivity index (χ1) is 16.8. The van der Waals surface area contributed by atoms with E-state index in [0.717, 1.165) is 60.8 Å². The van der Waals surface area contributed by atoms with Crippen molar-refractivity contribution in [3.8, 4) is 5.69 Å². The molecule has 1 unspecified atom stereocenters. The minimum atomic E-state index is -0.680. The molecule has 8 heteroatoms. The van der Waals surface area contributed by atoms with Gasteiger partial charge in [-0.15, -0.1) is 0 Å². The van der Waals surface area contributed by atoms with Crippen LogP contribution in [0.2, 0.25) is 0 Å². The van der Waals surface area contributed by atoms with Crippen molar-refractivity contribution in [3.63, 3.8) is 0 Å². The van der Waals surface area contributed by atoms with E-state index in [2.05, 4.69) is 30.0 Å². The Labute approximate surface area is 208 Å². The van der Waals surface area contributed by atoms with Gasteiger partial charge in [0, 0.05) is 5.92 Å². The van der Waals surface area contributed by atoms with Crippen LogP contribution in [-0.2, 0) is 11.2 Å². The molecule has 3 saturated carbocycles. The van der Waals surface area contributed by atoms with Crippen molar-refractivity contribution in [1.82, 2.24) is 14.8 Å². The number of thioether (sulfide) groups is 1. The van der Waals surface area contributed by atoms with Crippen LogP contribution < -0.4 is 0 Å². The molecule has 3 fully saturated rings. The number of rotatable bonds is 3. The van der Waals surface area contributed by atoms with Gasteiger partial charge in [0.05, 0.1) is 29.9 Å². The maximum Gasteiger partial charge on any atom is 0.212 e. The van der Waals surface area contributed by atoms with E-state index in [1.165, 1.54) is 17.8 Å². The molecule has 0 radical (unpaired) electrons. The van der Waals surface area contributed by atoms with Gasteiger partial charge in [0.1, 0.15) is 6.01 Å². The summed E-state index contributed by atoms with van der Waals surface area (Å²) in [5.74, 6) is 0.146. The molecule has 0 amide bonds. The Morgan fingerprint density at radius 3 is 2.83 bits per heavy atom. The number of carbonyl (C=O) groups excluding carboxylic acids is 1. The van der Waals surface area contributed by atoms with Crippen LogP contribution >= 0.6 is 11.8 Å². The molecule has 0 spiro atoms. The summed E-state index contributed by atoms with van der Waals surface area (Å²) in [4.78, 5) is 16.5. The molecule has 35 heavy (non-hydrogen) atoms. The fraction of sp³-hybridized carbons (Fsp3) is 0.593. The van der Waals surface area contributed by atoms with Crippen LogP contribution in [0.3, 0.4) is 0 Å². The van der Waals surface area contributed by atoms with Crippen molar-refractivity contribution in [3.05, 3.63) is 47.3 Å². The van der Waals surface area contributed by atoms with Gasteiger partial charge in [0.15, 0.2) is 5.12 Å². The standard InChI is InChI=1S/C27H31F2N3O2S/c1-26-10-15-12-31-32(17-4-8-23(29)30-13-17)21(15)9-16(26)3-5-18-19-6-7-20(25(34)35-14-28)27(19,2)11-22(33)24(18)26/h4,8-9,12-13,18-20,22,24,33H,3,5-7,10-11,14H2,1-2H3/t18-,19-,20?,22-,24+,26-,27+/m0/s1. The largest absolute Gasteiger partial charge is 0.393 e. The molecule has 0 aliphatic heterocycles. The van der Waals surface area contributed by atoms with Crippen molar-refractivity contribution in [2.24, 2.45) is 34.5 Å². The lowest BCUT2D eigenvalue weighted by Gasteiger charge is -2.59. The molecule has 2 heterocycles. The van der Waals surface area contributed by atoms with Crippen molar-refractivity contribution >= 4 is 23.0 Å². The van der Waals surface area contributed by atoms with Crippen LogP contribution in [0.15, 0.2) is 30.1 Å². The van der Waals surface area contributed by atoms with Crippen LogP contribution in [0.4, 0.5) is 8.78 Å². The first-order valence-corrected chi connectivity index (χ1v) is 13.6. The van der Waals surface area contributed by atoms with E-state index in [0.29, 0.717) is 18.3 Å². The van der Waals surface area contributed by atoms with Crippen LogP contribution in [-0.4, -0.2) is 37.1 Å². The number of halogens is 2. The Bertz CT molecular complexity index is 1200. The first kappa shape index (κ1) is 23.3. The predicted molar refractivity (Wildman–Crippen MR) is 131 cm³/mol. The molecule has 4 aliphatic carbocycles. The lowest BCUT2D eigenvalue weighted by atomic mass is 9.46. The predicted octanol–water partition coefficient (Wildman–Crippen LogP) is 5.36. The highest BCUT2D eigenvalue weighted by Crippen LogP contribution is 2.67. The molecule has 2 aromatic rings. The Morgan fingerprint density at radius 1 is 1.26 bits per heavy atom. The van der Waals surface area contributed by atoms with Gasteiger partial charge in [-0.3, -0.25) is 4.79 Å². The van der Waals surface area contributed by atoms with E-state index < -0.39 is 18.1 Å². The molecule has 4 aliphatic rings. The smallest absolute Gasteiger partial charge is 0.212 e. The normalized spacial score (nSPS) is 37.6. The molecule has 0 aromatic carbocycles. The van der Waals surface area contributed by atoms with Gasteiger partial charge in [-0.1, -0.05) is 31.2 Å². The van der Waals surface area contributed by atoms with Gasteiger partial charge in [-0.2, -0.15) is 9.49 Å². The average molecular weight is 500 g/mol. The molecule has 6 rings (SSSR count). The van der Waals surface area contributed by atoms with Gasteiger partial charge in [0.2, 0.25) is 5.95 Å². The Morgan fingerprint density at radius 2 is 2.09 bits per heavy atom. The highest BCUT2D eigenvalue weighted by atomic mass is 32.2. The zero-order valence-corrected chi connectivity index (χ0v) is 20.9. The highest BCUT2D eigenvalue weighted by molar-refractivity contribution is 8.13. The maximum atomic E-state index is 13.3. The van der Waals surface area contributed by atoms with E-state index in [1.807, 2.05) is 10.9 Å². The topological polar surface area (TPSA) is 68.0 Å². The second-order valence-corrected chi connectivity index (χ2v) is 12.3. The number of alkyl halides is 1. The Balaban J connectivity index is 1.33. The van der Waals surface area contributed by atoms with Crippen LogP contribution in [0.25, 0.3) is 11.8 Å². The lowest BCUT2D eigenvalue weighted by Crippen LogP contribution is -2.57. The van der Waals surface area contributed by atoms with Gasteiger partial charge in [0.25, 0.3) is 0 Å². The van der Waals surface area contributed by atoms with E-state index in [-0.39, 0.29) is 27.8 Å². The minimum Gasteiger partial charge on any atom is -0.393 e. The molecule has 1 N–H and O–H groups in total. The zero-order chi connectivity index (χ0) is 24.5. The van der Waals surface area contributed by atoms with Gasteiger partial charge >= 0.3 is 0 Å². The third-order valence-corrected chi connectivity index (χ3v) is 10.5. The summed E-state index contributed by atoms with van der Waals surface area (Å²) >= 11 is 0.794. The third-order valence-electron chi connectivity index (χ3n) is 9.86. The molecule has 5 nitrogen and oxygen atoms in total. The SMILES string of the molecule is C[C@]12Cc3cnn(-c4ccc(F)nc4)c3C=C1CC[C@@H]1[C@@H]2[C@@H](O)C[C@@]2(C)C(C(=O)SCF)CC[C@@H]12. The summed E-state index contributed by atoms with van der Waals surface area (Å²) in [6.45, 7) is 4.46. The molecule has 0 bridgehead atoms. The van der Waals surface area contributed by atoms with E-state index >= 15 is 0 Å². The summed E-state index contributed by atoms with van der Waals surface area (Å²) in [6.07, 6.45) is 10.2. The van der Waals surface area contributed by atoms with Crippen molar-refractivity contribution in [2.45, 2.75) is 58.5 Å². The monoisotopic (exact) mass is 499 g/mol. The maximum absolute atomic E-state index is 13.3. The number of allylic oxidation sites excluding steroid dienone is 1. The van der Waals surface area contributed by atoms with Crippen LogP contribution in [0.5, 0.6) is 0 Å². The van der Waals surface area contributed by atoms with E-state index in [1.54, 1.807) is 6.07 Å². The first-order valence-electron chi connectivity index (χ1n) is 12.6. The van der Waals surface area contributed by atoms with E-state index in [4.69, 9.17) is 0 Å². The fourth-order valence-corrected chi connectivity index (χ4v) is 9.12. The van der Waals surface area contributed by atoms with Crippen LogP contribution in [0.1, 0.15) is 57.2 Å². The summed E-state index contributed by atoms with van der Waals surface area (Å²) < 4.78 is 28.1. The van der Waals surface area contributed by atoms with Crippen molar-refractivity contribution in [2.75, 3.05) is 6.01 Å².